The second-order valence-corrected chi connectivity index (χ2v) is 4.86. The molecule has 5 nitrogen and oxygen atoms in total. The van der Waals surface area contributed by atoms with Crippen LogP contribution in [0.2, 0.25) is 0 Å². The number of thiophene rings is 1. The number of benzene rings is 1. The standard InChI is InChI=1S/C14H16N2O3S/c1-2-18-11-3-5-12(6-4-11)19-9-10-7-8-20-13(10)14(17)16-15/h3-8H,2,9,15H2,1H3,(H,16,17). The maximum Gasteiger partial charge on any atom is 0.275 e. The summed E-state index contributed by atoms with van der Waals surface area (Å²) in [4.78, 5) is 12.1. The van der Waals surface area contributed by atoms with Crippen molar-refractivity contribution in [1.29, 1.82) is 0 Å². The molecule has 2 rings (SSSR count). The largest absolute Gasteiger partial charge is 0.494 e. The Kier molecular flexibility index (Phi) is 4.97. The third kappa shape index (κ3) is 3.49. The van der Waals surface area contributed by atoms with E-state index in [0.717, 1.165) is 17.1 Å². The number of carbonyl (C=O) groups is 1. The average molecular weight is 292 g/mol. The summed E-state index contributed by atoms with van der Waals surface area (Å²) in [5.41, 5.74) is 2.94. The fraction of sp³-hybridized carbons (Fsp3) is 0.214. The van der Waals surface area contributed by atoms with Gasteiger partial charge in [-0.05, 0) is 42.6 Å². The molecule has 0 fully saturated rings. The molecule has 1 aromatic heterocycles. The summed E-state index contributed by atoms with van der Waals surface area (Å²) in [6.45, 7) is 2.89. The van der Waals surface area contributed by atoms with Gasteiger partial charge in [-0.25, -0.2) is 5.84 Å². The number of hydrogen-bond donors (Lipinski definition) is 2. The summed E-state index contributed by atoms with van der Waals surface area (Å²) in [7, 11) is 0. The lowest BCUT2D eigenvalue weighted by Gasteiger charge is -2.08. The van der Waals surface area contributed by atoms with Crippen LogP contribution in [0, 0.1) is 0 Å². The fourth-order valence-electron chi connectivity index (χ4n) is 1.67. The quantitative estimate of drug-likeness (QED) is 0.487. The molecule has 1 amide bonds. The lowest BCUT2D eigenvalue weighted by Crippen LogP contribution is -2.30. The van der Waals surface area contributed by atoms with Crippen LogP contribution < -0.4 is 20.7 Å². The lowest BCUT2D eigenvalue weighted by atomic mass is 10.2. The fourth-order valence-corrected chi connectivity index (χ4v) is 2.49. The zero-order valence-electron chi connectivity index (χ0n) is 11.1. The number of amides is 1. The van der Waals surface area contributed by atoms with Crippen molar-refractivity contribution in [1.82, 2.24) is 5.43 Å². The van der Waals surface area contributed by atoms with E-state index in [4.69, 9.17) is 15.3 Å². The highest BCUT2D eigenvalue weighted by atomic mass is 32.1. The second kappa shape index (κ2) is 6.93. The first-order chi connectivity index (χ1) is 9.74. The smallest absolute Gasteiger partial charge is 0.275 e. The average Bonchev–Trinajstić information content (AvgIpc) is 2.94. The van der Waals surface area contributed by atoms with Crippen molar-refractivity contribution in [2.75, 3.05) is 6.61 Å². The van der Waals surface area contributed by atoms with Crippen molar-refractivity contribution in [3.05, 3.63) is 46.2 Å². The Hall–Kier alpha value is -2.05. The number of nitrogens with one attached hydrogen (secondary N) is 1. The number of ether oxygens (including phenoxy) is 2. The summed E-state index contributed by atoms with van der Waals surface area (Å²) in [5, 5.41) is 1.83. The minimum absolute atomic E-state index is 0.301. The van der Waals surface area contributed by atoms with Crippen molar-refractivity contribution in [2.24, 2.45) is 5.84 Å². The van der Waals surface area contributed by atoms with Crippen LogP contribution in [-0.4, -0.2) is 12.5 Å². The highest BCUT2D eigenvalue weighted by molar-refractivity contribution is 7.12. The third-order valence-corrected chi connectivity index (χ3v) is 3.57. The second-order valence-electron chi connectivity index (χ2n) is 3.94. The number of carbonyl (C=O) groups excluding carboxylic acids is 1. The normalized spacial score (nSPS) is 10.1. The van der Waals surface area contributed by atoms with E-state index in [1.807, 2.05) is 42.6 Å². The van der Waals surface area contributed by atoms with Crippen molar-refractivity contribution >= 4 is 17.2 Å². The molecule has 6 heteroatoms. The molecule has 0 aliphatic rings. The molecule has 0 radical (unpaired) electrons. The minimum Gasteiger partial charge on any atom is -0.494 e. The number of nitrogens with two attached hydrogens (primary N) is 1. The molecule has 1 aromatic carbocycles. The Balaban J connectivity index is 1.98. The Morgan fingerprint density at radius 1 is 1.20 bits per heavy atom. The first-order valence-corrected chi connectivity index (χ1v) is 7.05. The molecule has 0 aliphatic heterocycles. The van der Waals surface area contributed by atoms with Gasteiger partial charge in [0, 0.05) is 5.56 Å². The van der Waals surface area contributed by atoms with Crippen LogP contribution in [0.5, 0.6) is 11.5 Å². The van der Waals surface area contributed by atoms with Crippen LogP contribution in [0.3, 0.4) is 0 Å². The molecule has 0 saturated carbocycles. The molecule has 0 saturated heterocycles. The molecule has 106 valence electrons. The van der Waals surface area contributed by atoms with Gasteiger partial charge in [-0.2, -0.15) is 0 Å². The Morgan fingerprint density at radius 3 is 2.45 bits per heavy atom. The molecule has 3 N–H and O–H groups in total. The maximum atomic E-state index is 11.5. The van der Waals surface area contributed by atoms with Crippen LogP contribution >= 0.6 is 11.3 Å². The van der Waals surface area contributed by atoms with Gasteiger partial charge in [0.2, 0.25) is 0 Å². The monoisotopic (exact) mass is 292 g/mol. The molecule has 0 unspecified atom stereocenters. The number of nitrogen functional groups attached to an aromatic ring is 1. The predicted molar refractivity (Wildman–Crippen MR) is 77.9 cm³/mol. The topological polar surface area (TPSA) is 73.6 Å². The minimum atomic E-state index is -0.301. The van der Waals surface area contributed by atoms with Gasteiger partial charge in [-0.15, -0.1) is 11.3 Å². The van der Waals surface area contributed by atoms with Crippen molar-refractivity contribution in [2.45, 2.75) is 13.5 Å². The molecular formula is C14H16N2O3S. The van der Waals surface area contributed by atoms with Crippen molar-refractivity contribution in [3.63, 3.8) is 0 Å². The maximum absolute atomic E-state index is 11.5. The molecule has 0 bridgehead atoms. The van der Waals surface area contributed by atoms with Crippen LogP contribution in [0.15, 0.2) is 35.7 Å². The summed E-state index contributed by atoms with van der Waals surface area (Å²) in [5.74, 6) is 6.36. The van der Waals surface area contributed by atoms with E-state index in [1.54, 1.807) is 0 Å². The van der Waals surface area contributed by atoms with Crippen LogP contribution in [0.1, 0.15) is 22.2 Å². The van der Waals surface area contributed by atoms with Crippen LogP contribution in [0.4, 0.5) is 0 Å². The number of hydrazine groups is 1. The van der Waals surface area contributed by atoms with Gasteiger partial charge < -0.3 is 9.47 Å². The highest BCUT2D eigenvalue weighted by Crippen LogP contribution is 2.21. The van der Waals surface area contributed by atoms with Gasteiger partial charge in [-0.1, -0.05) is 0 Å². The number of hydrogen-bond acceptors (Lipinski definition) is 5. The van der Waals surface area contributed by atoms with E-state index in [1.165, 1.54) is 11.3 Å². The van der Waals surface area contributed by atoms with Gasteiger partial charge in [-0.3, -0.25) is 10.2 Å². The van der Waals surface area contributed by atoms with Gasteiger partial charge >= 0.3 is 0 Å². The molecule has 0 atom stereocenters. The number of rotatable bonds is 6. The zero-order valence-corrected chi connectivity index (χ0v) is 11.9. The van der Waals surface area contributed by atoms with E-state index in [9.17, 15) is 4.79 Å². The molecule has 0 aliphatic carbocycles. The Morgan fingerprint density at radius 2 is 1.85 bits per heavy atom. The molecule has 20 heavy (non-hydrogen) atoms. The Labute approximate surface area is 121 Å². The summed E-state index contributed by atoms with van der Waals surface area (Å²) >= 11 is 1.33. The van der Waals surface area contributed by atoms with Crippen LogP contribution in [0.25, 0.3) is 0 Å². The van der Waals surface area contributed by atoms with Gasteiger partial charge in [0.15, 0.2) is 0 Å². The van der Waals surface area contributed by atoms with E-state index in [2.05, 4.69) is 5.43 Å². The summed E-state index contributed by atoms with van der Waals surface area (Å²) in [6.07, 6.45) is 0. The van der Waals surface area contributed by atoms with Crippen molar-refractivity contribution < 1.29 is 14.3 Å². The first kappa shape index (κ1) is 14.4. The summed E-state index contributed by atoms with van der Waals surface area (Å²) in [6, 6.07) is 9.21. The zero-order chi connectivity index (χ0) is 14.4. The Bertz CT molecular complexity index is 566. The van der Waals surface area contributed by atoms with E-state index >= 15 is 0 Å². The van der Waals surface area contributed by atoms with Gasteiger partial charge in [0.25, 0.3) is 5.91 Å². The molecule has 1 heterocycles. The van der Waals surface area contributed by atoms with Crippen molar-refractivity contribution in [3.8, 4) is 11.5 Å². The third-order valence-electron chi connectivity index (χ3n) is 2.61. The lowest BCUT2D eigenvalue weighted by molar-refractivity contribution is 0.0955. The SMILES string of the molecule is CCOc1ccc(OCc2ccsc2C(=O)NN)cc1. The molecule has 2 aromatic rings. The van der Waals surface area contributed by atoms with Gasteiger partial charge in [0.05, 0.1) is 11.5 Å². The molecule has 0 spiro atoms. The van der Waals surface area contributed by atoms with E-state index < -0.39 is 0 Å². The first-order valence-electron chi connectivity index (χ1n) is 6.17. The van der Waals surface area contributed by atoms with Gasteiger partial charge in [0.1, 0.15) is 18.1 Å². The predicted octanol–water partition coefficient (Wildman–Crippen LogP) is 2.33. The summed E-state index contributed by atoms with van der Waals surface area (Å²) < 4.78 is 11.0. The van der Waals surface area contributed by atoms with E-state index in [-0.39, 0.29) is 5.91 Å². The highest BCUT2D eigenvalue weighted by Gasteiger charge is 2.12. The molecular weight excluding hydrogens is 276 g/mol. The van der Waals surface area contributed by atoms with E-state index in [0.29, 0.717) is 18.1 Å². The van der Waals surface area contributed by atoms with Crippen LogP contribution in [-0.2, 0) is 6.61 Å².